The minimum Gasteiger partial charge on any atom is -0.497 e. The van der Waals surface area contributed by atoms with Crippen LogP contribution >= 0.6 is 11.6 Å². The van der Waals surface area contributed by atoms with Gasteiger partial charge in [0.25, 0.3) is 10.0 Å². The van der Waals surface area contributed by atoms with Gasteiger partial charge in [-0.05, 0) is 72.9 Å². The second-order valence-electron chi connectivity index (χ2n) is 10.2. The van der Waals surface area contributed by atoms with Crippen LogP contribution in [0.1, 0.15) is 38.3 Å². The number of carbonyl (C=O) groups is 2. The first-order valence-corrected chi connectivity index (χ1v) is 15.3. The molecule has 0 aliphatic rings. The van der Waals surface area contributed by atoms with Crippen molar-refractivity contribution < 1.29 is 22.7 Å². The summed E-state index contributed by atoms with van der Waals surface area (Å²) < 4.78 is 34.3. The van der Waals surface area contributed by atoms with E-state index in [4.69, 9.17) is 16.3 Å². The molecule has 1 N–H and O–H groups in total. The summed E-state index contributed by atoms with van der Waals surface area (Å²) in [5.74, 6) is 0.0932. The molecule has 0 fully saturated rings. The highest BCUT2D eigenvalue weighted by Crippen LogP contribution is 2.28. The Morgan fingerprint density at radius 1 is 0.976 bits per heavy atom. The van der Waals surface area contributed by atoms with Crippen LogP contribution in [0.2, 0.25) is 5.02 Å². The highest BCUT2D eigenvalue weighted by atomic mass is 35.5. The standard InChI is InChI=1S/C31H38ClN3O5S/c1-6-28(31(37)33-19-22(2)3)34(20-24-11-15-26(40-5)16-12-24)30(36)21-35(29-10-8-7-9-23(29)4)41(38,39)27-17-13-25(32)14-18-27/h7-18,22,28H,6,19-21H2,1-5H3,(H,33,37)/t28-/m1/s1. The predicted molar refractivity (Wildman–Crippen MR) is 163 cm³/mol. The Balaban J connectivity index is 2.05. The summed E-state index contributed by atoms with van der Waals surface area (Å²) in [5, 5.41) is 3.33. The summed E-state index contributed by atoms with van der Waals surface area (Å²) in [7, 11) is -2.60. The average Bonchev–Trinajstić information content (AvgIpc) is 2.95. The number of methoxy groups -OCH3 is 1. The summed E-state index contributed by atoms with van der Waals surface area (Å²) in [6, 6.07) is 19.2. The van der Waals surface area contributed by atoms with Crippen molar-refractivity contribution in [1.29, 1.82) is 0 Å². The lowest BCUT2D eigenvalue weighted by Crippen LogP contribution is -2.52. The Kier molecular flexibility index (Phi) is 11.2. The number of rotatable bonds is 13. The van der Waals surface area contributed by atoms with Crippen LogP contribution in [-0.2, 0) is 26.2 Å². The summed E-state index contributed by atoms with van der Waals surface area (Å²) >= 11 is 6.02. The molecule has 0 aliphatic carbocycles. The fourth-order valence-corrected chi connectivity index (χ4v) is 5.96. The van der Waals surface area contributed by atoms with Crippen LogP contribution in [0.15, 0.2) is 77.7 Å². The molecule has 41 heavy (non-hydrogen) atoms. The first-order valence-electron chi connectivity index (χ1n) is 13.5. The largest absolute Gasteiger partial charge is 0.497 e. The summed E-state index contributed by atoms with van der Waals surface area (Å²) in [6.45, 7) is 7.66. The molecule has 10 heteroatoms. The number of carbonyl (C=O) groups excluding carboxylic acids is 2. The van der Waals surface area contributed by atoms with E-state index in [1.807, 2.05) is 32.9 Å². The maximum Gasteiger partial charge on any atom is 0.264 e. The quantitative estimate of drug-likeness (QED) is 0.283. The van der Waals surface area contributed by atoms with Gasteiger partial charge in [-0.15, -0.1) is 0 Å². The third-order valence-corrected chi connectivity index (χ3v) is 8.67. The molecule has 0 bridgehead atoms. The normalized spacial score (nSPS) is 12.1. The molecule has 2 amide bonds. The van der Waals surface area contributed by atoms with Gasteiger partial charge in [0.05, 0.1) is 17.7 Å². The fourth-order valence-electron chi connectivity index (χ4n) is 4.36. The average molecular weight is 600 g/mol. The lowest BCUT2D eigenvalue weighted by Gasteiger charge is -2.33. The number of amides is 2. The molecule has 3 aromatic carbocycles. The van der Waals surface area contributed by atoms with E-state index in [0.29, 0.717) is 35.0 Å². The van der Waals surface area contributed by atoms with Gasteiger partial charge in [-0.2, -0.15) is 0 Å². The van der Waals surface area contributed by atoms with Gasteiger partial charge in [0, 0.05) is 18.1 Å². The van der Waals surface area contributed by atoms with E-state index in [9.17, 15) is 18.0 Å². The molecule has 0 aromatic heterocycles. The number of hydrogen-bond acceptors (Lipinski definition) is 5. The monoisotopic (exact) mass is 599 g/mol. The van der Waals surface area contributed by atoms with Gasteiger partial charge in [0.15, 0.2) is 0 Å². The van der Waals surface area contributed by atoms with Crippen LogP contribution in [0.25, 0.3) is 0 Å². The van der Waals surface area contributed by atoms with Gasteiger partial charge in [-0.25, -0.2) is 8.42 Å². The van der Waals surface area contributed by atoms with Crippen molar-refractivity contribution in [2.75, 3.05) is 24.5 Å². The molecule has 3 rings (SSSR count). The summed E-state index contributed by atoms with van der Waals surface area (Å²) in [5.41, 5.74) is 1.83. The van der Waals surface area contributed by atoms with Gasteiger partial charge in [0.2, 0.25) is 11.8 Å². The molecule has 1 atom stereocenters. The minimum atomic E-state index is -4.17. The van der Waals surface area contributed by atoms with E-state index in [2.05, 4.69) is 5.32 Å². The van der Waals surface area contributed by atoms with Gasteiger partial charge in [-0.3, -0.25) is 13.9 Å². The Bertz CT molecular complexity index is 1430. The smallest absolute Gasteiger partial charge is 0.264 e. The maximum absolute atomic E-state index is 14.1. The summed E-state index contributed by atoms with van der Waals surface area (Å²) in [6.07, 6.45) is 0.347. The fraction of sp³-hybridized carbons (Fsp3) is 0.355. The molecule has 0 spiro atoms. The first-order chi connectivity index (χ1) is 19.5. The van der Waals surface area contributed by atoms with E-state index in [-0.39, 0.29) is 23.3 Å². The molecule has 0 aliphatic heterocycles. The summed E-state index contributed by atoms with van der Waals surface area (Å²) in [4.78, 5) is 28.9. The van der Waals surface area contributed by atoms with E-state index in [0.717, 1.165) is 9.87 Å². The molecular formula is C31H38ClN3O5S. The van der Waals surface area contributed by atoms with Crippen molar-refractivity contribution in [3.8, 4) is 5.75 Å². The number of benzene rings is 3. The molecule has 0 heterocycles. The molecular weight excluding hydrogens is 562 g/mol. The lowest BCUT2D eigenvalue weighted by molar-refractivity contribution is -0.140. The highest BCUT2D eigenvalue weighted by Gasteiger charge is 2.34. The van der Waals surface area contributed by atoms with Crippen LogP contribution < -0.4 is 14.4 Å². The van der Waals surface area contributed by atoms with E-state index in [1.54, 1.807) is 50.4 Å². The molecule has 8 nitrogen and oxygen atoms in total. The van der Waals surface area contributed by atoms with Crippen molar-refractivity contribution in [3.05, 3.63) is 88.9 Å². The number of halogens is 1. The van der Waals surface area contributed by atoms with Crippen LogP contribution in [0, 0.1) is 12.8 Å². The number of nitrogens with one attached hydrogen (secondary N) is 1. The Labute approximate surface area is 248 Å². The van der Waals surface area contributed by atoms with Crippen LogP contribution in [0.5, 0.6) is 5.75 Å². The zero-order chi connectivity index (χ0) is 30.2. The third-order valence-electron chi connectivity index (χ3n) is 6.65. The highest BCUT2D eigenvalue weighted by molar-refractivity contribution is 7.92. The number of aryl methyl sites for hydroxylation is 1. The second-order valence-corrected chi connectivity index (χ2v) is 12.5. The Morgan fingerprint density at radius 2 is 1.61 bits per heavy atom. The molecule has 3 aromatic rings. The molecule has 0 unspecified atom stereocenters. The maximum atomic E-state index is 14.1. The van der Waals surface area contributed by atoms with Crippen molar-refractivity contribution in [3.63, 3.8) is 0 Å². The second kappa shape index (κ2) is 14.4. The van der Waals surface area contributed by atoms with Gasteiger partial charge < -0.3 is 15.0 Å². The number of nitrogens with zero attached hydrogens (tertiary/aromatic N) is 2. The van der Waals surface area contributed by atoms with Crippen LogP contribution in [0.4, 0.5) is 5.69 Å². The van der Waals surface area contributed by atoms with E-state index >= 15 is 0 Å². The number of para-hydroxylation sites is 1. The number of sulfonamides is 1. The van der Waals surface area contributed by atoms with Crippen molar-refractivity contribution in [2.24, 2.45) is 5.92 Å². The van der Waals surface area contributed by atoms with Crippen LogP contribution in [0.3, 0.4) is 0 Å². The predicted octanol–water partition coefficient (Wildman–Crippen LogP) is 5.43. The van der Waals surface area contributed by atoms with Crippen molar-refractivity contribution in [2.45, 2.75) is 51.6 Å². The molecule has 0 saturated heterocycles. The first kappa shape index (κ1) is 32.0. The van der Waals surface area contributed by atoms with E-state index < -0.39 is 28.5 Å². The Hall–Kier alpha value is -3.56. The molecule has 0 saturated carbocycles. The SMILES string of the molecule is CC[C@H](C(=O)NCC(C)C)N(Cc1ccc(OC)cc1)C(=O)CN(c1ccccc1C)S(=O)(=O)c1ccc(Cl)cc1. The number of anilines is 1. The van der Waals surface area contributed by atoms with Gasteiger partial charge >= 0.3 is 0 Å². The lowest BCUT2D eigenvalue weighted by atomic mass is 10.1. The van der Waals surface area contributed by atoms with Crippen molar-refractivity contribution >= 4 is 39.1 Å². The third kappa shape index (κ3) is 8.24. The topological polar surface area (TPSA) is 96.0 Å². The Morgan fingerprint density at radius 3 is 2.17 bits per heavy atom. The van der Waals surface area contributed by atoms with Crippen molar-refractivity contribution in [1.82, 2.24) is 10.2 Å². The van der Waals surface area contributed by atoms with Gasteiger partial charge in [-0.1, -0.05) is 62.7 Å². The number of hydrogen-bond donors (Lipinski definition) is 1. The molecule has 220 valence electrons. The van der Waals surface area contributed by atoms with Crippen LogP contribution in [-0.4, -0.2) is 51.4 Å². The zero-order valence-corrected chi connectivity index (χ0v) is 25.7. The molecule has 0 radical (unpaired) electrons. The zero-order valence-electron chi connectivity index (χ0n) is 24.1. The van der Waals surface area contributed by atoms with E-state index in [1.165, 1.54) is 29.2 Å². The van der Waals surface area contributed by atoms with Gasteiger partial charge in [0.1, 0.15) is 18.3 Å². The minimum absolute atomic E-state index is 0.00127. The number of ether oxygens (including phenoxy) is 1.